The minimum absolute atomic E-state index is 0.212. The van der Waals surface area contributed by atoms with Gasteiger partial charge in [-0.2, -0.15) is 0 Å². The van der Waals surface area contributed by atoms with E-state index in [0.717, 1.165) is 18.8 Å². The number of benzene rings is 1. The molecule has 1 aromatic rings. The maximum absolute atomic E-state index is 6.29. The molecule has 1 aliphatic rings. The first-order chi connectivity index (χ1) is 8.67. The van der Waals surface area contributed by atoms with E-state index in [0.29, 0.717) is 11.8 Å². The van der Waals surface area contributed by atoms with Crippen LogP contribution in [-0.2, 0) is 0 Å². The number of ether oxygens (including phenoxy) is 1. The molecule has 2 nitrogen and oxygen atoms in total. The summed E-state index contributed by atoms with van der Waals surface area (Å²) in [5, 5.41) is 0. The van der Waals surface area contributed by atoms with Crippen molar-refractivity contribution in [1.82, 2.24) is 0 Å². The summed E-state index contributed by atoms with van der Waals surface area (Å²) in [5.41, 5.74) is 8.88. The largest absolute Gasteiger partial charge is 0.494 e. The first kappa shape index (κ1) is 13.4. The lowest BCUT2D eigenvalue weighted by Crippen LogP contribution is -2.13. The van der Waals surface area contributed by atoms with Gasteiger partial charge in [-0.3, -0.25) is 0 Å². The quantitative estimate of drug-likeness (QED) is 0.824. The molecule has 2 N–H and O–H groups in total. The van der Waals surface area contributed by atoms with Gasteiger partial charge in [-0.1, -0.05) is 26.0 Å². The van der Waals surface area contributed by atoms with Crippen LogP contribution >= 0.6 is 0 Å². The van der Waals surface area contributed by atoms with Crippen LogP contribution in [0, 0.1) is 5.92 Å². The van der Waals surface area contributed by atoms with Crippen LogP contribution in [0.5, 0.6) is 5.75 Å². The highest BCUT2D eigenvalue weighted by atomic mass is 16.5. The minimum Gasteiger partial charge on any atom is -0.494 e. The summed E-state index contributed by atoms with van der Waals surface area (Å²) in [5.74, 6) is 2.25. The molecule has 1 aromatic carbocycles. The van der Waals surface area contributed by atoms with Crippen LogP contribution < -0.4 is 10.5 Å². The molecule has 100 valence electrons. The Balaban J connectivity index is 2.28. The van der Waals surface area contributed by atoms with E-state index in [1.807, 2.05) is 6.92 Å². The second-order valence-corrected chi connectivity index (χ2v) is 5.40. The van der Waals surface area contributed by atoms with Gasteiger partial charge in [-0.25, -0.2) is 0 Å². The average Bonchev–Trinajstić information content (AvgIpc) is 3.22. The molecule has 1 aliphatic carbocycles. The van der Waals surface area contributed by atoms with Gasteiger partial charge in [0.1, 0.15) is 5.75 Å². The van der Waals surface area contributed by atoms with Crippen LogP contribution in [-0.4, -0.2) is 6.61 Å². The Morgan fingerprint density at radius 1 is 1.33 bits per heavy atom. The predicted molar refractivity (Wildman–Crippen MR) is 76.0 cm³/mol. The van der Waals surface area contributed by atoms with Gasteiger partial charge in [0, 0.05) is 6.04 Å². The molecular formula is C16H25NO. The highest BCUT2D eigenvalue weighted by Gasteiger charge is 2.30. The number of hydrogen-bond donors (Lipinski definition) is 1. The Hall–Kier alpha value is -1.02. The Kier molecular flexibility index (Phi) is 4.28. The fourth-order valence-corrected chi connectivity index (χ4v) is 2.39. The van der Waals surface area contributed by atoms with Crippen LogP contribution in [0.3, 0.4) is 0 Å². The van der Waals surface area contributed by atoms with Gasteiger partial charge in [0.25, 0.3) is 0 Å². The summed E-state index contributed by atoms with van der Waals surface area (Å²) in [7, 11) is 0. The molecule has 1 saturated carbocycles. The molecule has 1 fully saturated rings. The monoisotopic (exact) mass is 247 g/mol. The van der Waals surface area contributed by atoms with Crippen molar-refractivity contribution in [3.05, 3.63) is 29.3 Å². The normalized spacial score (nSPS) is 18.4. The zero-order valence-electron chi connectivity index (χ0n) is 11.8. The van der Waals surface area contributed by atoms with Gasteiger partial charge in [-0.15, -0.1) is 0 Å². The molecule has 0 amide bonds. The van der Waals surface area contributed by atoms with Crippen molar-refractivity contribution in [3.8, 4) is 5.75 Å². The van der Waals surface area contributed by atoms with E-state index in [9.17, 15) is 0 Å². The molecule has 2 atom stereocenters. The molecule has 0 aliphatic heterocycles. The SMILES string of the molecule is CCOc1ccc(C(N)C2CC2)cc1C(C)CC. The molecule has 2 unspecified atom stereocenters. The molecule has 2 rings (SSSR count). The van der Waals surface area contributed by atoms with E-state index in [2.05, 4.69) is 32.0 Å². The van der Waals surface area contributed by atoms with Gasteiger partial charge in [0.15, 0.2) is 0 Å². The van der Waals surface area contributed by atoms with Gasteiger partial charge in [0.2, 0.25) is 0 Å². The van der Waals surface area contributed by atoms with Gasteiger partial charge in [-0.05, 0) is 55.2 Å². The van der Waals surface area contributed by atoms with E-state index in [4.69, 9.17) is 10.5 Å². The second kappa shape index (κ2) is 5.75. The molecular weight excluding hydrogens is 222 g/mol. The van der Waals surface area contributed by atoms with Crippen LogP contribution in [0.2, 0.25) is 0 Å². The lowest BCUT2D eigenvalue weighted by Gasteiger charge is -2.19. The third-order valence-electron chi connectivity index (χ3n) is 3.99. The Morgan fingerprint density at radius 2 is 2.06 bits per heavy atom. The Labute approximate surface area is 111 Å². The molecule has 0 saturated heterocycles. The number of hydrogen-bond acceptors (Lipinski definition) is 2. The summed E-state index contributed by atoms with van der Waals surface area (Å²) in [6.07, 6.45) is 3.70. The zero-order valence-corrected chi connectivity index (χ0v) is 11.8. The molecule has 0 bridgehead atoms. The highest BCUT2D eigenvalue weighted by Crippen LogP contribution is 2.41. The average molecular weight is 247 g/mol. The molecule has 0 radical (unpaired) electrons. The summed E-state index contributed by atoms with van der Waals surface area (Å²) < 4.78 is 5.73. The van der Waals surface area contributed by atoms with E-state index in [-0.39, 0.29) is 6.04 Å². The van der Waals surface area contributed by atoms with Gasteiger partial charge < -0.3 is 10.5 Å². The fraction of sp³-hybridized carbons (Fsp3) is 0.625. The predicted octanol–water partition coefficient (Wildman–Crippen LogP) is 4.01. The van der Waals surface area contributed by atoms with Crippen molar-refractivity contribution < 1.29 is 4.74 Å². The first-order valence-corrected chi connectivity index (χ1v) is 7.19. The smallest absolute Gasteiger partial charge is 0.122 e. The van der Waals surface area contributed by atoms with E-state index < -0.39 is 0 Å². The summed E-state index contributed by atoms with van der Waals surface area (Å²) >= 11 is 0. The highest BCUT2D eigenvalue weighted by molar-refractivity contribution is 5.41. The Morgan fingerprint density at radius 3 is 2.61 bits per heavy atom. The van der Waals surface area contributed by atoms with Crippen LogP contribution in [0.15, 0.2) is 18.2 Å². The van der Waals surface area contributed by atoms with Crippen molar-refractivity contribution in [3.63, 3.8) is 0 Å². The summed E-state index contributed by atoms with van der Waals surface area (Å²) in [6.45, 7) is 7.22. The first-order valence-electron chi connectivity index (χ1n) is 7.19. The zero-order chi connectivity index (χ0) is 13.1. The summed E-state index contributed by atoms with van der Waals surface area (Å²) in [6, 6.07) is 6.72. The van der Waals surface area contributed by atoms with Crippen molar-refractivity contribution in [1.29, 1.82) is 0 Å². The van der Waals surface area contributed by atoms with E-state index >= 15 is 0 Å². The molecule has 18 heavy (non-hydrogen) atoms. The van der Waals surface area contributed by atoms with Crippen molar-refractivity contribution >= 4 is 0 Å². The maximum atomic E-state index is 6.29. The minimum atomic E-state index is 0.212. The lowest BCUT2D eigenvalue weighted by atomic mass is 9.93. The van der Waals surface area contributed by atoms with Crippen molar-refractivity contribution in [2.24, 2.45) is 11.7 Å². The van der Waals surface area contributed by atoms with Crippen LogP contribution in [0.4, 0.5) is 0 Å². The standard InChI is InChI=1S/C16H25NO/c1-4-11(3)14-10-13(16(17)12-6-7-12)8-9-15(14)18-5-2/h8-12,16H,4-7,17H2,1-3H3. The maximum Gasteiger partial charge on any atom is 0.122 e. The molecule has 0 heterocycles. The number of rotatable bonds is 6. The second-order valence-electron chi connectivity index (χ2n) is 5.40. The van der Waals surface area contributed by atoms with Crippen molar-refractivity contribution in [2.45, 2.75) is 52.0 Å². The molecule has 0 aromatic heterocycles. The summed E-state index contributed by atoms with van der Waals surface area (Å²) in [4.78, 5) is 0. The van der Waals surface area contributed by atoms with Gasteiger partial charge >= 0.3 is 0 Å². The number of nitrogens with two attached hydrogens (primary N) is 1. The third-order valence-corrected chi connectivity index (χ3v) is 3.99. The Bertz CT molecular complexity index is 398. The van der Waals surface area contributed by atoms with Crippen molar-refractivity contribution in [2.75, 3.05) is 6.61 Å². The third kappa shape index (κ3) is 2.86. The topological polar surface area (TPSA) is 35.2 Å². The van der Waals surface area contributed by atoms with E-state index in [1.165, 1.54) is 24.0 Å². The molecule has 0 spiro atoms. The molecule has 2 heteroatoms. The van der Waals surface area contributed by atoms with E-state index in [1.54, 1.807) is 0 Å². The lowest BCUT2D eigenvalue weighted by molar-refractivity contribution is 0.334. The van der Waals surface area contributed by atoms with Crippen LogP contribution in [0.1, 0.15) is 63.1 Å². The fourth-order valence-electron chi connectivity index (χ4n) is 2.39. The van der Waals surface area contributed by atoms with Gasteiger partial charge in [0.05, 0.1) is 6.61 Å². The van der Waals surface area contributed by atoms with Crippen LogP contribution in [0.25, 0.3) is 0 Å².